The average Bonchev–Trinajstić information content (AvgIpc) is 2.66. The average molecular weight is 394 g/mol. The Hall–Kier alpha value is -2.46. The number of nitrogens with one attached hydrogen (secondary N) is 1. The summed E-state index contributed by atoms with van der Waals surface area (Å²) in [4.78, 5) is 24.9. The highest BCUT2D eigenvalue weighted by Gasteiger charge is 2.41. The van der Waals surface area contributed by atoms with Crippen molar-refractivity contribution in [3.05, 3.63) is 42.0 Å². The van der Waals surface area contributed by atoms with Crippen molar-refractivity contribution < 1.29 is 34.8 Å². The van der Waals surface area contributed by atoms with Crippen LogP contribution in [0.5, 0.6) is 5.75 Å². The summed E-state index contributed by atoms with van der Waals surface area (Å²) < 4.78 is 4.97. The molecule has 0 radical (unpaired) electrons. The lowest BCUT2D eigenvalue weighted by molar-refractivity contribution is -0.152. The summed E-state index contributed by atoms with van der Waals surface area (Å²) >= 11 is 0. The van der Waals surface area contributed by atoms with Crippen molar-refractivity contribution in [3.63, 3.8) is 0 Å². The molecule has 9 heteroatoms. The molecule has 0 fully saturated rings. The third-order valence-corrected chi connectivity index (χ3v) is 4.58. The summed E-state index contributed by atoms with van der Waals surface area (Å²) in [7, 11) is 0. The zero-order valence-corrected chi connectivity index (χ0v) is 15.4. The third kappa shape index (κ3) is 5.29. The number of rotatable bonds is 7. The van der Waals surface area contributed by atoms with Gasteiger partial charge >= 0.3 is 5.97 Å². The first-order chi connectivity index (χ1) is 13.2. The van der Waals surface area contributed by atoms with Crippen molar-refractivity contribution in [3.8, 4) is 5.75 Å². The number of nitrogens with two attached hydrogens (primary N) is 1. The van der Waals surface area contributed by atoms with E-state index in [1.54, 1.807) is 19.1 Å². The molecule has 0 bridgehead atoms. The second-order valence-corrected chi connectivity index (χ2v) is 6.65. The maximum absolute atomic E-state index is 12.5. The molecule has 0 saturated carbocycles. The minimum Gasteiger partial charge on any atom is -0.508 e. The van der Waals surface area contributed by atoms with Crippen LogP contribution in [-0.2, 0) is 20.7 Å². The van der Waals surface area contributed by atoms with E-state index in [1.165, 1.54) is 24.3 Å². The van der Waals surface area contributed by atoms with E-state index in [4.69, 9.17) is 10.5 Å². The molecule has 9 nitrogen and oxygen atoms in total. The molecule has 0 aliphatic heterocycles. The Morgan fingerprint density at radius 2 is 1.79 bits per heavy atom. The van der Waals surface area contributed by atoms with E-state index in [2.05, 4.69) is 5.32 Å². The summed E-state index contributed by atoms with van der Waals surface area (Å²) in [5, 5.41) is 41.5. The second-order valence-electron chi connectivity index (χ2n) is 6.65. The molecule has 0 heterocycles. The molecule has 0 unspecified atom stereocenters. The van der Waals surface area contributed by atoms with Crippen LogP contribution < -0.4 is 11.1 Å². The number of phenolic OH excluding ortho intramolecular Hbond substituents is 1. The Balaban J connectivity index is 2.13. The smallest absolute Gasteiger partial charge is 0.329 e. The lowest BCUT2D eigenvalue weighted by atomic mass is 9.83. The van der Waals surface area contributed by atoms with Crippen LogP contribution in [0.15, 0.2) is 36.4 Å². The zero-order valence-electron chi connectivity index (χ0n) is 15.4. The Morgan fingerprint density at radius 1 is 1.14 bits per heavy atom. The monoisotopic (exact) mass is 394 g/mol. The van der Waals surface area contributed by atoms with Gasteiger partial charge in [0.05, 0.1) is 18.8 Å². The molecule has 1 aliphatic carbocycles. The standard InChI is InChI=1S/C19H26N2O7/c1-2-28-19(27)15(12-7-8-14(23)17(25)16(12)24)21-18(26)13(20)9-10-3-5-11(22)6-4-10/h3-8,12-17,22-25H,2,9,20H2,1H3,(H,21,26)/t12-,13-,14-,15-,16-,17-/m0/s1. The van der Waals surface area contributed by atoms with Crippen molar-refractivity contribution in [2.75, 3.05) is 6.61 Å². The number of phenols is 1. The van der Waals surface area contributed by atoms with Crippen LogP contribution in [0.1, 0.15) is 12.5 Å². The van der Waals surface area contributed by atoms with Crippen molar-refractivity contribution >= 4 is 11.9 Å². The van der Waals surface area contributed by atoms with Crippen molar-refractivity contribution in [2.45, 2.75) is 43.7 Å². The van der Waals surface area contributed by atoms with Gasteiger partial charge in [-0.25, -0.2) is 4.79 Å². The van der Waals surface area contributed by atoms with Gasteiger partial charge in [0.2, 0.25) is 5.91 Å². The van der Waals surface area contributed by atoms with Gasteiger partial charge in [-0.2, -0.15) is 0 Å². The molecule has 0 saturated heterocycles. The number of amides is 1. The Bertz CT molecular complexity index is 707. The second kappa shape index (κ2) is 9.65. The van der Waals surface area contributed by atoms with E-state index < -0.39 is 48.2 Å². The molecule has 28 heavy (non-hydrogen) atoms. The highest BCUT2D eigenvalue weighted by Crippen LogP contribution is 2.23. The van der Waals surface area contributed by atoms with Gasteiger partial charge in [-0.3, -0.25) is 4.79 Å². The quantitative estimate of drug-likeness (QED) is 0.242. The molecule has 7 N–H and O–H groups in total. The minimum absolute atomic E-state index is 0.0580. The van der Waals surface area contributed by atoms with Gasteiger partial charge in [0, 0.05) is 5.92 Å². The van der Waals surface area contributed by atoms with Crippen LogP contribution >= 0.6 is 0 Å². The van der Waals surface area contributed by atoms with E-state index >= 15 is 0 Å². The SMILES string of the molecule is CCOC(=O)[C@@H](NC(=O)[C@@H](N)Cc1ccc(O)cc1)[C@@H]1C=C[C@H](O)[C@H](O)[C@H]1O. The third-order valence-electron chi connectivity index (χ3n) is 4.58. The lowest BCUT2D eigenvalue weighted by Gasteiger charge is -2.35. The minimum atomic E-state index is -1.51. The Kier molecular flexibility index (Phi) is 7.53. The fraction of sp³-hybridized carbons (Fsp3) is 0.474. The van der Waals surface area contributed by atoms with E-state index in [0.717, 1.165) is 0 Å². The van der Waals surface area contributed by atoms with Gasteiger partial charge in [0.25, 0.3) is 0 Å². The molecule has 1 amide bonds. The number of hydrogen-bond acceptors (Lipinski definition) is 8. The van der Waals surface area contributed by atoms with Crippen LogP contribution in [0.25, 0.3) is 0 Å². The van der Waals surface area contributed by atoms with E-state index in [0.29, 0.717) is 5.56 Å². The molecule has 2 rings (SSSR count). The summed E-state index contributed by atoms with van der Waals surface area (Å²) in [6.07, 6.45) is -1.50. The molecule has 154 valence electrons. The number of aliphatic hydroxyl groups is 3. The fourth-order valence-electron chi connectivity index (χ4n) is 2.99. The molecule has 6 atom stereocenters. The highest BCUT2D eigenvalue weighted by molar-refractivity contribution is 5.88. The van der Waals surface area contributed by atoms with Crippen LogP contribution in [0.3, 0.4) is 0 Å². The van der Waals surface area contributed by atoms with Crippen molar-refractivity contribution in [1.82, 2.24) is 5.32 Å². The number of hydrogen-bond donors (Lipinski definition) is 6. The van der Waals surface area contributed by atoms with Crippen LogP contribution in [-0.4, -0.2) is 69.3 Å². The van der Waals surface area contributed by atoms with Crippen molar-refractivity contribution in [2.24, 2.45) is 11.7 Å². The first-order valence-electron chi connectivity index (χ1n) is 8.97. The molecule has 1 aromatic carbocycles. The van der Waals surface area contributed by atoms with Gasteiger partial charge in [-0.05, 0) is 31.0 Å². The molecule has 1 aromatic rings. The van der Waals surface area contributed by atoms with Gasteiger partial charge in [0.15, 0.2) is 0 Å². The van der Waals surface area contributed by atoms with Crippen molar-refractivity contribution in [1.29, 1.82) is 0 Å². The number of carbonyl (C=O) groups excluding carboxylic acids is 2. The zero-order chi connectivity index (χ0) is 20.8. The molecular formula is C19H26N2O7. The fourth-order valence-corrected chi connectivity index (χ4v) is 2.99. The van der Waals surface area contributed by atoms with Crippen LogP contribution in [0.2, 0.25) is 0 Å². The number of ether oxygens (including phenoxy) is 1. The predicted molar refractivity (Wildman–Crippen MR) is 99.0 cm³/mol. The number of carbonyl (C=O) groups is 2. The lowest BCUT2D eigenvalue weighted by Crippen LogP contribution is -2.57. The van der Waals surface area contributed by atoms with E-state index in [1.807, 2.05) is 0 Å². The molecular weight excluding hydrogens is 368 g/mol. The van der Waals surface area contributed by atoms with Gasteiger partial charge in [-0.1, -0.05) is 24.3 Å². The summed E-state index contributed by atoms with van der Waals surface area (Å²) in [5.74, 6) is -2.34. The highest BCUT2D eigenvalue weighted by atomic mass is 16.5. The first-order valence-corrected chi connectivity index (χ1v) is 8.97. The van der Waals surface area contributed by atoms with Crippen LogP contribution in [0.4, 0.5) is 0 Å². The first kappa shape index (κ1) is 21.8. The number of benzene rings is 1. The topological polar surface area (TPSA) is 162 Å². The maximum Gasteiger partial charge on any atom is 0.329 e. The maximum atomic E-state index is 12.5. The Morgan fingerprint density at radius 3 is 2.39 bits per heavy atom. The van der Waals surface area contributed by atoms with Gasteiger partial charge in [-0.15, -0.1) is 0 Å². The summed E-state index contributed by atoms with van der Waals surface area (Å²) in [6.45, 7) is 1.65. The van der Waals surface area contributed by atoms with Gasteiger partial charge in [0.1, 0.15) is 24.0 Å². The van der Waals surface area contributed by atoms with Gasteiger partial charge < -0.3 is 36.2 Å². The number of aromatic hydroxyl groups is 1. The largest absolute Gasteiger partial charge is 0.508 e. The summed E-state index contributed by atoms with van der Waals surface area (Å²) in [6, 6.07) is 3.90. The Labute approximate surface area is 162 Å². The predicted octanol–water partition coefficient (Wildman–Crippen LogP) is -1.42. The number of esters is 1. The summed E-state index contributed by atoms with van der Waals surface area (Å²) in [5.41, 5.74) is 6.64. The van der Waals surface area contributed by atoms with E-state index in [-0.39, 0.29) is 18.8 Å². The normalized spacial score (nSPS) is 26.3. The van der Waals surface area contributed by atoms with E-state index in [9.17, 15) is 30.0 Å². The molecule has 0 spiro atoms. The van der Waals surface area contributed by atoms with Crippen LogP contribution in [0, 0.1) is 5.92 Å². The molecule has 1 aliphatic rings. The molecule has 0 aromatic heterocycles. The number of aliphatic hydroxyl groups excluding tert-OH is 3.